The molecule has 2 atom stereocenters. The summed E-state index contributed by atoms with van der Waals surface area (Å²) < 4.78 is 1.05. The maximum absolute atomic E-state index is 11.2. The first-order valence-corrected chi connectivity index (χ1v) is 8.07. The molecule has 1 aromatic carbocycles. The van der Waals surface area contributed by atoms with Gasteiger partial charge in [-0.05, 0) is 42.9 Å². The molecule has 0 radical (unpaired) electrons. The van der Waals surface area contributed by atoms with Gasteiger partial charge in [0.2, 0.25) is 0 Å². The van der Waals surface area contributed by atoms with Crippen molar-refractivity contribution in [2.75, 3.05) is 18.0 Å². The number of anilines is 1. The molecule has 1 saturated carbocycles. The molecule has 0 aromatic heterocycles. The summed E-state index contributed by atoms with van der Waals surface area (Å²) in [4.78, 5) is 13.6. The molecule has 0 amide bonds. The Morgan fingerprint density at radius 1 is 1.16 bits per heavy atom. The van der Waals surface area contributed by atoms with Gasteiger partial charge in [-0.1, -0.05) is 35.2 Å². The van der Waals surface area contributed by atoms with Crippen LogP contribution in [0.4, 0.5) is 5.69 Å². The molecule has 3 rings (SSSR count). The molecule has 1 aliphatic heterocycles. The van der Waals surface area contributed by atoms with Crippen molar-refractivity contribution in [3.8, 4) is 0 Å². The lowest BCUT2D eigenvalue weighted by Crippen LogP contribution is -2.42. The van der Waals surface area contributed by atoms with Crippen molar-refractivity contribution in [3.63, 3.8) is 0 Å². The van der Waals surface area contributed by atoms with Gasteiger partial charge in [0, 0.05) is 28.8 Å². The first-order chi connectivity index (χ1) is 9.28. The normalized spacial score (nSPS) is 26.9. The van der Waals surface area contributed by atoms with E-state index in [-0.39, 0.29) is 0 Å². The fourth-order valence-corrected chi connectivity index (χ4v) is 4.06. The van der Waals surface area contributed by atoms with Crippen molar-refractivity contribution < 1.29 is 4.79 Å². The van der Waals surface area contributed by atoms with E-state index in [0.29, 0.717) is 0 Å². The largest absolute Gasteiger partial charge is 0.371 e. The third-order valence-electron chi connectivity index (χ3n) is 4.75. The van der Waals surface area contributed by atoms with E-state index in [9.17, 15) is 4.79 Å². The van der Waals surface area contributed by atoms with Crippen LogP contribution in [0.3, 0.4) is 0 Å². The van der Waals surface area contributed by atoms with Gasteiger partial charge in [0.1, 0.15) is 0 Å². The first kappa shape index (κ1) is 13.2. The van der Waals surface area contributed by atoms with Gasteiger partial charge in [0.05, 0.1) is 0 Å². The van der Waals surface area contributed by atoms with Gasteiger partial charge in [-0.2, -0.15) is 0 Å². The number of halogens is 1. The molecule has 0 spiro atoms. The van der Waals surface area contributed by atoms with E-state index in [4.69, 9.17) is 0 Å². The SMILES string of the molecule is O=Cc1ccc(Br)cc1N1CCC2CCCCC2C1. The van der Waals surface area contributed by atoms with E-state index in [1.54, 1.807) is 0 Å². The van der Waals surface area contributed by atoms with Gasteiger partial charge in [0.25, 0.3) is 0 Å². The predicted molar refractivity (Wildman–Crippen MR) is 81.8 cm³/mol. The monoisotopic (exact) mass is 321 g/mol. The second-order valence-corrected chi connectivity index (χ2v) is 6.78. The van der Waals surface area contributed by atoms with Crippen LogP contribution < -0.4 is 4.90 Å². The minimum absolute atomic E-state index is 0.817. The number of fused-ring (bicyclic) bond motifs is 1. The average molecular weight is 322 g/mol. The van der Waals surface area contributed by atoms with E-state index in [2.05, 4.69) is 26.9 Å². The molecule has 1 aromatic rings. The number of hydrogen-bond donors (Lipinski definition) is 0. The second-order valence-electron chi connectivity index (χ2n) is 5.86. The minimum atomic E-state index is 0.817. The topological polar surface area (TPSA) is 20.3 Å². The number of carbonyl (C=O) groups excluding carboxylic acids is 1. The van der Waals surface area contributed by atoms with Crippen LogP contribution >= 0.6 is 15.9 Å². The molecule has 3 heteroatoms. The van der Waals surface area contributed by atoms with Gasteiger partial charge in [-0.3, -0.25) is 4.79 Å². The second kappa shape index (κ2) is 5.66. The number of piperidine rings is 1. The molecule has 2 aliphatic rings. The average Bonchev–Trinajstić information content (AvgIpc) is 2.46. The predicted octanol–water partition coefficient (Wildman–Crippen LogP) is 4.28. The van der Waals surface area contributed by atoms with Crippen molar-refractivity contribution in [2.24, 2.45) is 11.8 Å². The third-order valence-corrected chi connectivity index (χ3v) is 5.24. The Morgan fingerprint density at radius 3 is 2.74 bits per heavy atom. The fraction of sp³-hybridized carbons (Fsp3) is 0.562. The van der Waals surface area contributed by atoms with E-state index in [1.165, 1.54) is 32.1 Å². The van der Waals surface area contributed by atoms with E-state index >= 15 is 0 Å². The Hall–Kier alpha value is -0.830. The highest BCUT2D eigenvalue weighted by Gasteiger charge is 2.31. The van der Waals surface area contributed by atoms with Crippen LogP contribution in [0.15, 0.2) is 22.7 Å². The van der Waals surface area contributed by atoms with E-state index in [0.717, 1.165) is 46.9 Å². The summed E-state index contributed by atoms with van der Waals surface area (Å²) in [6.07, 6.45) is 7.85. The zero-order chi connectivity index (χ0) is 13.2. The summed E-state index contributed by atoms with van der Waals surface area (Å²) in [5.74, 6) is 1.76. The Bertz CT molecular complexity index is 474. The highest BCUT2D eigenvalue weighted by Crippen LogP contribution is 2.38. The molecule has 2 nitrogen and oxygen atoms in total. The number of aldehydes is 1. The smallest absolute Gasteiger partial charge is 0.152 e. The summed E-state index contributed by atoms with van der Waals surface area (Å²) in [5, 5.41) is 0. The van der Waals surface area contributed by atoms with Crippen LogP contribution in [0.5, 0.6) is 0 Å². The number of carbonyl (C=O) groups is 1. The van der Waals surface area contributed by atoms with E-state index in [1.807, 2.05) is 12.1 Å². The molecule has 1 saturated heterocycles. The Kier molecular flexibility index (Phi) is 3.92. The van der Waals surface area contributed by atoms with Gasteiger partial charge >= 0.3 is 0 Å². The summed E-state index contributed by atoms with van der Waals surface area (Å²) in [6, 6.07) is 5.95. The number of nitrogens with zero attached hydrogens (tertiary/aromatic N) is 1. The molecular weight excluding hydrogens is 302 g/mol. The number of benzene rings is 1. The maximum Gasteiger partial charge on any atom is 0.152 e. The molecule has 1 heterocycles. The minimum Gasteiger partial charge on any atom is -0.371 e. The molecule has 102 valence electrons. The number of hydrogen-bond acceptors (Lipinski definition) is 2. The molecule has 2 unspecified atom stereocenters. The molecule has 2 fully saturated rings. The van der Waals surface area contributed by atoms with Crippen molar-refractivity contribution in [1.82, 2.24) is 0 Å². The fourth-order valence-electron chi connectivity index (χ4n) is 3.71. The van der Waals surface area contributed by atoms with Crippen LogP contribution in [-0.2, 0) is 0 Å². The van der Waals surface area contributed by atoms with Gasteiger partial charge < -0.3 is 4.90 Å². The highest BCUT2D eigenvalue weighted by molar-refractivity contribution is 9.10. The Labute approximate surface area is 123 Å². The standard InChI is InChI=1S/C16H20BrNO/c17-15-6-5-14(11-19)16(9-15)18-8-7-12-3-1-2-4-13(12)10-18/h5-6,9,11-13H,1-4,7-8,10H2. The molecular formula is C16H20BrNO. The van der Waals surface area contributed by atoms with Crippen LogP contribution in [0, 0.1) is 11.8 Å². The lowest BCUT2D eigenvalue weighted by molar-refractivity contribution is 0.112. The Balaban J connectivity index is 1.82. The molecule has 1 aliphatic carbocycles. The molecule has 0 bridgehead atoms. The summed E-state index contributed by atoms with van der Waals surface area (Å²) in [6.45, 7) is 2.22. The first-order valence-electron chi connectivity index (χ1n) is 7.27. The van der Waals surface area contributed by atoms with Crippen molar-refractivity contribution >= 4 is 27.9 Å². The van der Waals surface area contributed by atoms with Crippen LogP contribution in [-0.4, -0.2) is 19.4 Å². The summed E-state index contributed by atoms with van der Waals surface area (Å²) >= 11 is 3.52. The van der Waals surface area contributed by atoms with Gasteiger partial charge in [-0.25, -0.2) is 0 Å². The van der Waals surface area contributed by atoms with E-state index < -0.39 is 0 Å². The third kappa shape index (κ3) is 2.71. The van der Waals surface area contributed by atoms with Crippen LogP contribution in [0.1, 0.15) is 42.5 Å². The van der Waals surface area contributed by atoms with Crippen molar-refractivity contribution in [2.45, 2.75) is 32.1 Å². The van der Waals surface area contributed by atoms with Crippen LogP contribution in [0.25, 0.3) is 0 Å². The number of rotatable bonds is 2. The van der Waals surface area contributed by atoms with Crippen molar-refractivity contribution in [1.29, 1.82) is 0 Å². The molecule has 0 N–H and O–H groups in total. The maximum atomic E-state index is 11.2. The summed E-state index contributed by atoms with van der Waals surface area (Å²) in [5.41, 5.74) is 1.92. The Morgan fingerprint density at radius 2 is 1.95 bits per heavy atom. The lowest BCUT2D eigenvalue weighted by Gasteiger charge is -2.42. The van der Waals surface area contributed by atoms with Crippen LogP contribution in [0.2, 0.25) is 0 Å². The summed E-state index contributed by atoms with van der Waals surface area (Å²) in [7, 11) is 0. The highest BCUT2D eigenvalue weighted by atomic mass is 79.9. The zero-order valence-corrected chi connectivity index (χ0v) is 12.7. The van der Waals surface area contributed by atoms with Gasteiger partial charge in [-0.15, -0.1) is 0 Å². The van der Waals surface area contributed by atoms with Gasteiger partial charge in [0.15, 0.2) is 6.29 Å². The zero-order valence-electron chi connectivity index (χ0n) is 11.1. The van der Waals surface area contributed by atoms with Crippen molar-refractivity contribution in [3.05, 3.63) is 28.2 Å². The molecule has 19 heavy (non-hydrogen) atoms. The quantitative estimate of drug-likeness (QED) is 0.758. The lowest BCUT2D eigenvalue weighted by atomic mass is 9.75.